The van der Waals surface area contributed by atoms with E-state index in [1.54, 1.807) is 12.3 Å². The number of carbonyl (C=O) groups excluding carboxylic acids is 1. The van der Waals surface area contributed by atoms with Crippen molar-refractivity contribution in [2.24, 2.45) is 0 Å². The lowest BCUT2D eigenvalue weighted by atomic mass is 10.1. The molecule has 25 heavy (non-hydrogen) atoms. The molecule has 1 aromatic heterocycles. The second-order valence-electron chi connectivity index (χ2n) is 6.20. The molecule has 0 atom stereocenters. The van der Waals surface area contributed by atoms with E-state index in [9.17, 15) is 4.79 Å². The molecule has 126 valence electrons. The number of aromatic nitrogens is 1. The number of anilines is 3. The van der Waals surface area contributed by atoms with Gasteiger partial charge in [-0.1, -0.05) is 24.3 Å². The summed E-state index contributed by atoms with van der Waals surface area (Å²) in [6, 6.07) is 17.5. The van der Waals surface area contributed by atoms with Crippen molar-refractivity contribution in [3.05, 3.63) is 83.2 Å². The average molecular weight is 331 g/mol. The van der Waals surface area contributed by atoms with Crippen LogP contribution in [0.1, 0.15) is 27.2 Å². The van der Waals surface area contributed by atoms with Crippen LogP contribution in [0.25, 0.3) is 0 Å². The molecule has 0 aliphatic rings. The summed E-state index contributed by atoms with van der Waals surface area (Å²) in [4.78, 5) is 16.6. The van der Waals surface area contributed by atoms with Crippen molar-refractivity contribution in [2.75, 3.05) is 10.6 Å². The number of rotatable bonds is 4. The van der Waals surface area contributed by atoms with Gasteiger partial charge in [0.1, 0.15) is 5.69 Å². The molecule has 3 rings (SSSR count). The Morgan fingerprint density at radius 2 is 1.68 bits per heavy atom. The van der Waals surface area contributed by atoms with Crippen molar-refractivity contribution in [1.29, 1.82) is 0 Å². The minimum Gasteiger partial charge on any atom is -0.354 e. The van der Waals surface area contributed by atoms with E-state index in [-0.39, 0.29) is 5.91 Å². The van der Waals surface area contributed by atoms with E-state index in [0.29, 0.717) is 5.69 Å². The Morgan fingerprint density at radius 3 is 2.40 bits per heavy atom. The zero-order valence-corrected chi connectivity index (χ0v) is 14.6. The molecule has 2 aromatic carbocycles. The third-order valence-electron chi connectivity index (χ3n) is 3.94. The number of carbonyl (C=O) groups is 1. The molecule has 2 N–H and O–H groups in total. The first-order chi connectivity index (χ1) is 12.0. The summed E-state index contributed by atoms with van der Waals surface area (Å²) < 4.78 is 0. The van der Waals surface area contributed by atoms with Gasteiger partial charge in [-0.2, -0.15) is 0 Å². The summed E-state index contributed by atoms with van der Waals surface area (Å²) >= 11 is 0. The fourth-order valence-corrected chi connectivity index (χ4v) is 2.55. The van der Waals surface area contributed by atoms with Crippen LogP contribution in [0, 0.1) is 20.8 Å². The highest BCUT2D eigenvalue weighted by Gasteiger charge is 2.08. The van der Waals surface area contributed by atoms with E-state index in [4.69, 9.17) is 0 Å². The third kappa shape index (κ3) is 4.23. The number of benzene rings is 2. The summed E-state index contributed by atoms with van der Waals surface area (Å²) in [5.74, 6) is -0.219. The summed E-state index contributed by atoms with van der Waals surface area (Å²) in [5, 5.41) is 6.21. The van der Waals surface area contributed by atoms with Gasteiger partial charge in [-0.25, -0.2) is 4.98 Å². The topological polar surface area (TPSA) is 54.0 Å². The summed E-state index contributed by atoms with van der Waals surface area (Å²) in [6.07, 6.45) is 1.67. The first-order valence-electron chi connectivity index (χ1n) is 8.19. The van der Waals surface area contributed by atoms with Gasteiger partial charge in [0.25, 0.3) is 5.91 Å². The van der Waals surface area contributed by atoms with Gasteiger partial charge in [0.15, 0.2) is 0 Å². The van der Waals surface area contributed by atoms with E-state index >= 15 is 0 Å². The van der Waals surface area contributed by atoms with Gasteiger partial charge in [0.05, 0.1) is 11.9 Å². The van der Waals surface area contributed by atoms with Crippen LogP contribution in [0.5, 0.6) is 0 Å². The smallest absolute Gasteiger partial charge is 0.274 e. The minimum atomic E-state index is -0.219. The molecule has 0 unspecified atom stereocenters. The molecule has 3 aromatic rings. The average Bonchev–Trinajstić information content (AvgIpc) is 2.59. The molecular weight excluding hydrogens is 310 g/mol. The van der Waals surface area contributed by atoms with Crippen LogP contribution >= 0.6 is 0 Å². The quantitative estimate of drug-likeness (QED) is 0.707. The predicted molar refractivity (Wildman–Crippen MR) is 103 cm³/mol. The van der Waals surface area contributed by atoms with E-state index in [1.165, 1.54) is 5.56 Å². The van der Waals surface area contributed by atoms with Gasteiger partial charge in [0.2, 0.25) is 0 Å². The van der Waals surface area contributed by atoms with Crippen molar-refractivity contribution in [1.82, 2.24) is 4.98 Å². The Balaban J connectivity index is 1.71. The van der Waals surface area contributed by atoms with E-state index in [2.05, 4.69) is 47.7 Å². The van der Waals surface area contributed by atoms with E-state index in [1.807, 2.05) is 37.3 Å². The van der Waals surface area contributed by atoms with Gasteiger partial charge in [-0.15, -0.1) is 0 Å². The van der Waals surface area contributed by atoms with Crippen LogP contribution in [0.15, 0.2) is 60.8 Å². The highest BCUT2D eigenvalue weighted by Crippen LogP contribution is 2.21. The van der Waals surface area contributed by atoms with Crippen molar-refractivity contribution >= 4 is 23.0 Å². The number of nitrogens with one attached hydrogen (secondary N) is 2. The number of hydrogen-bond acceptors (Lipinski definition) is 3. The number of amides is 1. The predicted octanol–water partition coefficient (Wildman–Crippen LogP) is 5.00. The number of pyridine rings is 1. The number of hydrogen-bond donors (Lipinski definition) is 2. The molecule has 0 saturated carbocycles. The van der Waals surface area contributed by atoms with E-state index < -0.39 is 0 Å². The Labute approximate surface area is 147 Å². The van der Waals surface area contributed by atoms with Gasteiger partial charge >= 0.3 is 0 Å². The van der Waals surface area contributed by atoms with Crippen LogP contribution in [0.4, 0.5) is 17.1 Å². The maximum absolute atomic E-state index is 12.3. The summed E-state index contributed by atoms with van der Waals surface area (Å²) in [7, 11) is 0. The monoisotopic (exact) mass is 331 g/mol. The van der Waals surface area contributed by atoms with Gasteiger partial charge in [-0.3, -0.25) is 4.79 Å². The third-order valence-corrected chi connectivity index (χ3v) is 3.94. The summed E-state index contributed by atoms with van der Waals surface area (Å²) in [5.41, 5.74) is 6.48. The molecule has 4 nitrogen and oxygen atoms in total. The largest absolute Gasteiger partial charge is 0.354 e. The molecule has 0 spiro atoms. The van der Waals surface area contributed by atoms with Crippen molar-refractivity contribution in [2.45, 2.75) is 20.8 Å². The Hall–Kier alpha value is -3.14. The fraction of sp³-hybridized carbons (Fsp3) is 0.143. The van der Waals surface area contributed by atoms with Crippen molar-refractivity contribution in [3.8, 4) is 0 Å². The molecule has 0 aliphatic carbocycles. The minimum absolute atomic E-state index is 0.219. The Bertz CT molecular complexity index is 901. The molecule has 0 aliphatic heterocycles. The van der Waals surface area contributed by atoms with Crippen molar-refractivity contribution in [3.63, 3.8) is 0 Å². The van der Waals surface area contributed by atoms with E-state index in [0.717, 1.165) is 28.2 Å². The second-order valence-corrected chi connectivity index (χ2v) is 6.20. The molecule has 4 heteroatoms. The van der Waals surface area contributed by atoms with Gasteiger partial charge in [-0.05, 0) is 67.8 Å². The SMILES string of the molecule is Cc1cccc(NC(=O)c2ccc(Nc3cc(C)ccc3C)cn2)c1. The van der Waals surface area contributed by atoms with Crippen LogP contribution in [-0.4, -0.2) is 10.9 Å². The zero-order valence-electron chi connectivity index (χ0n) is 14.6. The first kappa shape index (κ1) is 16.7. The first-order valence-corrected chi connectivity index (χ1v) is 8.19. The molecule has 0 fully saturated rings. The lowest BCUT2D eigenvalue weighted by Crippen LogP contribution is -2.13. The normalized spacial score (nSPS) is 10.4. The molecular formula is C21H21N3O. The van der Waals surface area contributed by atoms with Gasteiger partial charge in [0, 0.05) is 11.4 Å². The highest BCUT2D eigenvalue weighted by molar-refractivity contribution is 6.03. The second kappa shape index (κ2) is 7.18. The van der Waals surface area contributed by atoms with Crippen LogP contribution in [-0.2, 0) is 0 Å². The summed E-state index contributed by atoms with van der Waals surface area (Å²) in [6.45, 7) is 6.10. The maximum atomic E-state index is 12.3. The van der Waals surface area contributed by atoms with Crippen molar-refractivity contribution < 1.29 is 4.79 Å². The lowest BCUT2D eigenvalue weighted by molar-refractivity contribution is 0.102. The molecule has 0 saturated heterocycles. The van der Waals surface area contributed by atoms with Crippen LogP contribution in [0.2, 0.25) is 0 Å². The Kier molecular flexibility index (Phi) is 4.80. The zero-order chi connectivity index (χ0) is 17.8. The van der Waals surface area contributed by atoms with Crippen LogP contribution < -0.4 is 10.6 Å². The molecule has 1 amide bonds. The fourth-order valence-electron chi connectivity index (χ4n) is 2.55. The van der Waals surface area contributed by atoms with Crippen LogP contribution in [0.3, 0.4) is 0 Å². The standard InChI is InChI=1S/C21H21N3O/c1-14-5-4-6-17(11-14)24-21(25)19-10-9-18(13-22-19)23-20-12-15(2)7-8-16(20)3/h4-13,23H,1-3H3,(H,24,25). The lowest BCUT2D eigenvalue weighted by Gasteiger charge is -2.11. The number of aryl methyl sites for hydroxylation is 3. The maximum Gasteiger partial charge on any atom is 0.274 e. The Morgan fingerprint density at radius 1 is 0.880 bits per heavy atom. The highest BCUT2D eigenvalue weighted by atomic mass is 16.1. The molecule has 0 bridgehead atoms. The molecule has 1 heterocycles. The van der Waals surface area contributed by atoms with Gasteiger partial charge < -0.3 is 10.6 Å². The number of nitrogens with zero attached hydrogens (tertiary/aromatic N) is 1. The molecule has 0 radical (unpaired) electrons.